The zero-order valence-electron chi connectivity index (χ0n) is 10.1. The van der Waals surface area contributed by atoms with Crippen LogP contribution in [-0.4, -0.2) is 36.2 Å². The molecule has 0 aromatic rings. The summed E-state index contributed by atoms with van der Waals surface area (Å²) in [6, 6.07) is 0. The molecule has 0 saturated carbocycles. The lowest BCUT2D eigenvalue weighted by molar-refractivity contribution is -0.151. The molecule has 0 rings (SSSR count). The lowest BCUT2D eigenvalue weighted by atomic mass is 9.80. The van der Waals surface area contributed by atoms with Gasteiger partial charge in [0.25, 0.3) is 0 Å². The molecule has 0 aliphatic rings. The summed E-state index contributed by atoms with van der Waals surface area (Å²) in [5, 5.41) is 11.3. The lowest BCUT2D eigenvalue weighted by Crippen LogP contribution is -2.43. The molecule has 17 heavy (non-hydrogen) atoms. The van der Waals surface area contributed by atoms with Gasteiger partial charge < -0.3 is 20.9 Å². The smallest absolute Gasteiger partial charge is 0.404 e. The average Bonchev–Trinajstić information content (AvgIpc) is 2.08. The highest BCUT2D eigenvalue weighted by atomic mass is 16.5. The quantitative estimate of drug-likeness (QED) is 0.464. The standard InChI is InChI=1S/C10H18N2O5/c1-10(2,3)6(8(14)15)7(13)12-4-5-17-9(11)16/h6H,4-5H2,1-3H3,(H2,11,16)(H,12,13)(H,14,15). The number of hydrogen-bond donors (Lipinski definition) is 3. The molecular weight excluding hydrogens is 228 g/mol. The number of nitrogens with two attached hydrogens (primary N) is 1. The number of rotatable bonds is 5. The predicted molar refractivity (Wildman–Crippen MR) is 59.1 cm³/mol. The summed E-state index contributed by atoms with van der Waals surface area (Å²) in [7, 11) is 0. The summed E-state index contributed by atoms with van der Waals surface area (Å²) in [5.74, 6) is -2.96. The third-order valence-corrected chi connectivity index (χ3v) is 2.02. The highest BCUT2D eigenvalue weighted by Crippen LogP contribution is 2.26. The van der Waals surface area contributed by atoms with E-state index in [0.29, 0.717) is 0 Å². The first-order valence-electron chi connectivity index (χ1n) is 5.09. The molecular formula is C10H18N2O5. The average molecular weight is 246 g/mol. The van der Waals surface area contributed by atoms with Gasteiger partial charge in [0.15, 0.2) is 0 Å². The molecule has 0 aliphatic heterocycles. The molecule has 0 aromatic carbocycles. The van der Waals surface area contributed by atoms with Gasteiger partial charge in [0.2, 0.25) is 5.91 Å². The molecule has 98 valence electrons. The van der Waals surface area contributed by atoms with Crippen molar-refractivity contribution in [1.29, 1.82) is 0 Å². The summed E-state index contributed by atoms with van der Waals surface area (Å²) in [6.07, 6.45) is -0.940. The summed E-state index contributed by atoms with van der Waals surface area (Å²) in [5.41, 5.74) is 4.02. The van der Waals surface area contributed by atoms with Crippen LogP contribution in [0.5, 0.6) is 0 Å². The van der Waals surface area contributed by atoms with E-state index < -0.39 is 29.3 Å². The Morgan fingerprint density at radius 2 is 1.88 bits per heavy atom. The van der Waals surface area contributed by atoms with Crippen LogP contribution in [0, 0.1) is 11.3 Å². The van der Waals surface area contributed by atoms with Crippen LogP contribution in [0.4, 0.5) is 4.79 Å². The summed E-state index contributed by atoms with van der Waals surface area (Å²) in [4.78, 5) is 32.8. The van der Waals surface area contributed by atoms with Crippen LogP contribution in [-0.2, 0) is 14.3 Å². The van der Waals surface area contributed by atoms with E-state index in [2.05, 4.69) is 10.1 Å². The van der Waals surface area contributed by atoms with Crippen molar-refractivity contribution >= 4 is 18.0 Å². The summed E-state index contributed by atoms with van der Waals surface area (Å²) in [6.45, 7) is 4.92. The largest absolute Gasteiger partial charge is 0.481 e. The van der Waals surface area contributed by atoms with E-state index in [1.165, 1.54) is 0 Å². The zero-order chi connectivity index (χ0) is 13.6. The predicted octanol–water partition coefficient (Wildman–Crippen LogP) is -0.0552. The van der Waals surface area contributed by atoms with E-state index in [9.17, 15) is 14.4 Å². The Balaban J connectivity index is 4.27. The molecule has 7 nitrogen and oxygen atoms in total. The Labute approximate surface area is 99.3 Å². The van der Waals surface area contributed by atoms with E-state index in [4.69, 9.17) is 10.8 Å². The van der Waals surface area contributed by atoms with Crippen molar-refractivity contribution in [1.82, 2.24) is 5.32 Å². The van der Waals surface area contributed by atoms with Gasteiger partial charge in [0.05, 0.1) is 6.54 Å². The van der Waals surface area contributed by atoms with Gasteiger partial charge in [-0.2, -0.15) is 0 Å². The number of nitrogens with one attached hydrogen (secondary N) is 1. The minimum absolute atomic E-state index is 0.0294. The van der Waals surface area contributed by atoms with Gasteiger partial charge in [0, 0.05) is 0 Å². The summed E-state index contributed by atoms with van der Waals surface area (Å²) >= 11 is 0. The molecule has 0 aliphatic carbocycles. The SMILES string of the molecule is CC(C)(C)C(C(=O)O)C(=O)NCCOC(N)=O. The molecule has 0 fully saturated rings. The lowest BCUT2D eigenvalue weighted by Gasteiger charge is -2.25. The van der Waals surface area contributed by atoms with Crippen LogP contribution in [0.15, 0.2) is 0 Å². The van der Waals surface area contributed by atoms with Gasteiger partial charge in [-0.15, -0.1) is 0 Å². The molecule has 0 radical (unpaired) electrons. The number of ether oxygens (including phenoxy) is 1. The van der Waals surface area contributed by atoms with Gasteiger partial charge in [-0.05, 0) is 5.41 Å². The molecule has 0 spiro atoms. The maximum Gasteiger partial charge on any atom is 0.404 e. The van der Waals surface area contributed by atoms with E-state index in [-0.39, 0.29) is 13.2 Å². The van der Waals surface area contributed by atoms with Crippen molar-refractivity contribution in [3.05, 3.63) is 0 Å². The van der Waals surface area contributed by atoms with Crippen LogP contribution >= 0.6 is 0 Å². The second-order valence-electron chi connectivity index (χ2n) is 4.60. The monoisotopic (exact) mass is 246 g/mol. The molecule has 1 unspecified atom stereocenters. The van der Waals surface area contributed by atoms with E-state index >= 15 is 0 Å². The number of carboxylic acid groups (broad SMARTS) is 1. The molecule has 0 aromatic heterocycles. The Morgan fingerprint density at radius 1 is 1.35 bits per heavy atom. The molecule has 0 heterocycles. The number of carboxylic acids is 1. The number of carbonyl (C=O) groups excluding carboxylic acids is 2. The second kappa shape index (κ2) is 6.07. The first-order valence-corrected chi connectivity index (χ1v) is 5.09. The first kappa shape index (κ1) is 15.2. The van der Waals surface area contributed by atoms with Crippen LogP contribution in [0.3, 0.4) is 0 Å². The van der Waals surface area contributed by atoms with Crippen molar-refractivity contribution in [3.63, 3.8) is 0 Å². The van der Waals surface area contributed by atoms with Gasteiger partial charge in [-0.1, -0.05) is 20.8 Å². The minimum Gasteiger partial charge on any atom is -0.481 e. The topological polar surface area (TPSA) is 119 Å². The van der Waals surface area contributed by atoms with Crippen molar-refractivity contribution in [2.75, 3.05) is 13.2 Å². The van der Waals surface area contributed by atoms with Crippen molar-refractivity contribution in [2.45, 2.75) is 20.8 Å². The van der Waals surface area contributed by atoms with Gasteiger partial charge >= 0.3 is 12.1 Å². The molecule has 4 N–H and O–H groups in total. The fourth-order valence-electron chi connectivity index (χ4n) is 1.30. The number of aliphatic carboxylic acids is 1. The van der Waals surface area contributed by atoms with E-state index in [1.54, 1.807) is 20.8 Å². The van der Waals surface area contributed by atoms with Gasteiger partial charge in [-0.25, -0.2) is 4.79 Å². The Kier molecular flexibility index (Phi) is 5.43. The van der Waals surface area contributed by atoms with Crippen molar-refractivity contribution in [2.24, 2.45) is 17.1 Å². The number of amides is 2. The highest BCUT2D eigenvalue weighted by Gasteiger charge is 2.37. The van der Waals surface area contributed by atoms with Crippen molar-refractivity contribution in [3.8, 4) is 0 Å². The minimum atomic E-state index is -1.19. The number of carbonyl (C=O) groups is 3. The molecule has 1 atom stereocenters. The van der Waals surface area contributed by atoms with Crippen molar-refractivity contribution < 1.29 is 24.2 Å². The van der Waals surface area contributed by atoms with Crippen LogP contribution in [0.25, 0.3) is 0 Å². The highest BCUT2D eigenvalue weighted by molar-refractivity contribution is 5.97. The molecule has 0 bridgehead atoms. The van der Waals surface area contributed by atoms with Crippen LogP contribution < -0.4 is 11.1 Å². The normalized spacial score (nSPS) is 12.6. The third-order valence-electron chi connectivity index (χ3n) is 2.02. The van der Waals surface area contributed by atoms with E-state index in [1.807, 2.05) is 0 Å². The number of hydrogen-bond acceptors (Lipinski definition) is 4. The fourth-order valence-corrected chi connectivity index (χ4v) is 1.30. The van der Waals surface area contributed by atoms with Crippen LogP contribution in [0.1, 0.15) is 20.8 Å². The summed E-state index contributed by atoms with van der Waals surface area (Å²) < 4.78 is 4.39. The fraction of sp³-hybridized carbons (Fsp3) is 0.700. The first-order chi connectivity index (χ1) is 7.66. The Morgan fingerprint density at radius 3 is 2.24 bits per heavy atom. The van der Waals surface area contributed by atoms with Gasteiger partial charge in [0.1, 0.15) is 12.5 Å². The zero-order valence-corrected chi connectivity index (χ0v) is 10.1. The van der Waals surface area contributed by atoms with Crippen LogP contribution in [0.2, 0.25) is 0 Å². The maximum atomic E-state index is 11.6. The van der Waals surface area contributed by atoms with E-state index in [0.717, 1.165) is 0 Å². The molecule has 7 heteroatoms. The molecule has 0 saturated heterocycles. The van der Waals surface area contributed by atoms with Gasteiger partial charge in [-0.3, -0.25) is 9.59 Å². The third kappa shape index (κ3) is 5.74. The second-order valence-corrected chi connectivity index (χ2v) is 4.60. The number of primary amides is 1. The maximum absolute atomic E-state index is 11.6. The Bertz CT molecular complexity index is 308. The Hall–Kier alpha value is -1.79. The molecule has 2 amide bonds.